The summed E-state index contributed by atoms with van der Waals surface area (Å²) in [5, 5.41) is 0. The highest BCUT2D eigenvalue weighted by Crippen LogP contribution is 2.41. The van der Waals surface area contributed by atoms with Crippen LogP contribution in [-0.4, -0.2) is 51.9 Å². The molecule has 6 rings (SSSR count). The first kappa shape index (κ1) is 22.1. The lowest BCUT2D eigenvalue weighted by molar-refractivity contribution is 0.268. The van der Waals surface area contributed by atoms with Crippen molar-refractivity contribution in [1.29, 1.82) is 0 Å². The number of rotatable bonds is 5. The molecular weight excluding hydrogens is 422 g/mol. The summed E-state index contributed by atoms with van der Waals surface area (Å²) in [7, 11) is 4.37. The molecule has 2 saturated heterocycles. The third kappa shape index (κ3) is 4.22. The highest BCUT2D eigenvalue weighted by Gasteiger charge is 2.30. The van der Waals surface area contributed by atoms with Gasteiger partial charge in [-0.25, -0.2) is 9.97 Å². The molecule has 1 N–H and O–H groups in total. The van der Waals surface area contributed by atoms with Gasteiger partial charge in [0.15, 0.2) is 0 Å². The molecular formula is C28H37N5O. The summed E-state index contributed by atoms with van der Waals surface area (Å²) in [5.41, 5.74) is 4.89. The summed E-state index contributed by atoms with van der Waals surface area (Å²) in [6.45, 7) is 2.30. The molecule has 34 heavy (non-hydrogen) atoms. The third-order valence-corrected chi connectivity index (χ3v) is 8.60. The highest BCUT2D eigenvalue weighted by atomic mass is 16.3. The zero-order chi connectivity index (χ0) is 23.1. The van der Waals surface area contributed by atoms with Crippen LogP contribution in [0.3, 0.4) is 0 Å². The van der Waals surface area contributed by atoms with Gasteiger partial charge in [-0.2, -0.15) is 0 Å². The fourth-order valence-electron chi connectivity index (χ4n) is 6.42. The molecule has 3 aromatic rings. The SMILES string of the molecule is CN1CCC[C@@H]1c1nc(C2CCC(c3ccc(-c4c[nH]c([C@@H]5CCCN5C)n4)cc3)CC2)co1. The van der Waals surface area contributed by atoms with Crippen molar-refractivity contribution in [2.24, 2.45) is 0 Å². The second-order valence-corrected chi connectivity index (χ2v) is 10.7. The molecule has 3 fully saturated rings. The summed E-state index contributed by atoms with van der Waals surface area (Å²) < 4.78 is 5.92. The van der Waals surface area contributed by atoms with Gasteiger partial charge in [-0.05, 0) is 90.0 Å². The Morgan fingerprint density at radius 1 is 0.824 bits per heavy atom. The van der Waals surface area contributed by atoms with E-state index in [-0.39, 0.29) is 0 Å². The van der Waals surface area contributed by atoms with Crippen molar-refractivity contribution in [2.75, 3.05) is 27.2 Å². The van der Waals surface area contributed by atoms with Gasteiger partial charge in [-0.15, -0.1) is 0 Å². The van der Waals surface area contributed by atoms with Crippen molar-refractivity contribution in [1.82, 2.24) is 24.8 Å². The third-order valence-electron chi connectivity index (χ3n) is 8.60. The van der Waals surface area contributed by atoms with E-state index in [0.717, 1.165) is 36.9 Å². The summed E-state index contributed by atoms with van der Waals surface area (Å²) in [5.74, 6) is 3.21. The van der Waals surface area contributed by atoms with Crippen LogP contribution in [0.1, 0.15) is 98.3 Å². The van der Waals surface area contributed by atoms with E-state index in [1.54, 1.807) is 0 Å². The van der Waals surface area contributed by atoms with Gasteiger partial charge in [-0.3, -0.25) is 9.80 Å². The largest absolute Gasteiger partial charge is 0.447 e. The number of nitrogens with one attached hydrogen (secondary N) is 1. The Balaban J connectivity index is 1.07. The van der Waals surface area contributed by atoms with Crippen molar-refractivity contribution in [3.63, 3.8) is 0 Å². The van der Waals surface area contributed by atoms with Crippen LogP contribution < -0.4 is 0 Å². The Morgan fingerprint density at radius 3 is 2.18 bits per heavy atom. The summed E-state index contributed by atoms with van der Waals surface area (Å²) in [6, 6.07) is 9.95. The maximum absolute atomic E-state index is 5.92. The fourth-order valence-corrected chi connectivity index (χ4v) is 6.42. The van der Waals surface area contributed by atoms with E-state index in [1.807, 2.05) is 6.26 Å². The Kier molecular flexibility index (Phi) is 6.04. The maximum Gasteiger partial charge on any atom is 0.211 e. The molecule has 1 saturated carbocycles. The first-order valence-corrected chi connectivity index (χ1v) is 13.2. The molecule has 0 bridgehead atoms. The van der Waals surface area contributed by atoms with Crippen LogP contribution in [-0.2, 0) is 0 Å². The minimum absolute atomic E-state index is 0.369. The van der Waals surface area contributed by atoms with E-state index in [0.29, 0.717) is 23.9 Å². The first-order chi connectivity index (χ1) is 16.7. The molecule has 4 heterocycles. The second kappa shape index (κ2) is 9.31. The lowest BCUT2D eigenvalue weighted by Gasteiger charge is -2.27. The Labute approximate surface area is 202 Å². The van der Waals surface area contributed by atoms with Gasteiger partial charge in [0.1, 0.15) is 12.1 Å². The average molecular weight is 460 g/mol. The number of aromatic nitrogens is 3. The number of hydrogen-bond acceptors (Lipinski definition) is 5. The zero-order valence-corrected chi connectivity index (χ0v) is 20.5. The molecule has 6 nitrogen and oxygen atoms in total. The summed E-state index contributed by atoms with van der Waals surface area (Å²) in [6.07, 6.45) is 13.7. The Hall–Kier alpha value is -2.44. The van der Waals surface area contributed by atoms with E-state index in [4.69, 9.17) is 14.4 Å². The standard InChI is InChI=1S/C28H37N5O/c1-32-15-3-5-25(32)27-29-17-23(30-27)21-11-7-19(8-12-21)20-9-13-22(14-10-20)24-18-34-28(31-24)26-6-4-16-33(26)2/h7-8,11-12,17-18,20,22,25-26H,3-6,9-10,13-16H2,1-2H3,(H,29,30)/t20?,22?,25-,26+/m0/s1. The molecule has 1 aromatic carbocycles. The van der Waals surface area contributed by atoms with Crippen LogP contribution >= 0.6 is 0 Å². The first-order valence-electron chi connectivity index (χ1n) is 13.2. The van der Waals surface area contributed by atoms with Crippen LogP contribution in [0.15, 0.2) is 41.1 Å². The van der Waals surface area contributed by atoms with Crippen molar-refractivity contribution in [2.45, 2.75) is 75.3 Å². The number of nitrogens with zero attached hydrogens (tertiary/aromatic N) is 4. The molecule has 0 unspecified atom stereocenters. The van der Waals surface area contributed by atoms with E-state index in [2.05, 4.69) is 59.3 Å². The van der Waals surface area contributed by atoms with Gasteiger partial charge >= 0.3 is 0 Å². The number of hydrogen-bond donors (Lipinski definition) is 1. The maximum atomic E-state index is 5.92. The predicted molar refractivity (Wildman–Crippen MR) is 134 cm³/mol. The zero-order valence-electron chi connectivity index (χ0n) is 20.5. The highest BCUT2D eigenvalue weighted by molar-refractivity contribution is 5.59. The number of aromatic amines is 1. The summed E-state index contributed by atoms with van der Waals surface area (Å²) in [4.78, 5) is 18.0. The lowest BCUT2D eigenvalue weighted by atomic mass is 9.77. The van der Waals surface area contributed by atoms with Crippen LogP contribution in [0.5, 0.6) is 0 Å². The number of likely N-dealkylation sites (tertiary alicyclic amines) is 2. The molecule has 6 heteroatoms. The monoisotopic (exact) mass is 459 g/mol. The number of imidazole rings is 1. The Morgan fingerprint density at radius 2 is 1.50 bits per heavy atom. The van der Waals surface area contributed by atoms with Gasteiger partial charge in [0.25, 0.3) is 0 Å². The van der Waals surface area contributed by atoms with E-state index < -0.39 is 0 Å². The topological polar surface area (TPSA) is 61.2 Å². The van der Waals surface area contributed by atoms with E-state index in [1.165, 1.54) is 61.8 Å². The van der Waals surface area contributed by atoms with Crippen molar-refractivity contribution in [3.8, 4) is 11.3 Å². The number of H-pyrrole nitrogens is 1. The second-order valence-electron chi connectivity index (χ2n) is 10.7. The molecule has 0 spiro atoms. The molecule has 0 amide bonds. The lowest BCUT2D eigenvalue weighted by Crippen LogP contribution is -2.18. The van der Waals surface area contributed by atoms with E-state index in [9.17, 15) is 0 Å². The number of oxazole rings is 1. The minimum atomic E-state index is 0.369. The van der Waals surface area contributed by atoms with Crippen LogP contribution in [0, 0.1) is 0 Å². The van der Waals surface area contributed by atoms with Crippen molar-refractivity contribution < 1.29 is 4.42 Å². The van der Waals surface area contributed by atoms with E-state index >= 15 is 0 Å². The van der Waals surface area contributed by atoms with Gasteiger partial charge < -0.3 is 9.40 Å². The van der Waals surface area contributed by atoms with Crippen LogP contribution in [0.4, 0.5) is 0 Å². The minimum Gasteiger partial charge on any atom is -0.447 e. The molecule has 2 atom stereocenters. The molecule has 3 aliphatic rings. The van der Waals surface area contributed by atoms with Gasteiger partial charge in [-0.1, -0.05) is 24.3 Å². The van der Waals surface area contributed by atoms with Crippen molar-refractivity contribution >= 4 is 0 Å². The smallest absolute Gasteiger partial charge is 0.211 e. The Bertz CT molecular complexity index is 1090. The fraction of sp³-hybridized carbons (Fsp3) is 0.571. The molecule has 2 aliphatic heterocycles. The molecule has 0 radical (unpaired) electrons. The van der Waals surface area contributed by atoms with Gasteiger partial charge in [0, 0.05) is 17.7 Å². The quantitative estimate of drug-likeness (QED) is 0.504. The molecule has 180 valence electrons. The number of benzene rings is 1. The van der Waals surface area contributed by atoms with Gasteiger partial charge in [0.2, 0.25) is 5.89 Å². The normalized spacial score (nSPS) is 28.6. The van der Waals surface area contributed by atoms with Crippen LogP contribution in [0.2, 0.25) is 0 Å². The summed E-state index contributed by atoms with van der Waals surface area (Å²) >= 11 is 0. The van der Waals surface area contributed by atoms with Gasteiger partial charge in [0.05, 0.1) is 23.5 Å². The van der Waals surface area contributed by atoms with Crippen LogP contribution in [0.25, 0.3) is 11.3 Å². The molecule has 1 aliphatic carbocycles. The van der Waals surface area contributed by atoms with Crippen molar-refractivity contribution in [3.05, 3.63) is 59.7 Å². The average Bonchev–Trinajstić information content (AvgIpc) is 3.66. The molecule has 2 aromatic heterocycles. The predicted octanol–water partition coefficient (Wildman–Crippen LogP) is 6.04.